The fourth-order valence-electron chi connectivity index (χ4n) is 1.81. The zero-order valence-corrected chi connectivity index (χ0v) is 12.1. The molecule has 0 atom stereocenters. The van der Waals surface area contributed by atoms with Crippen LogP contribution in [0, 0.1) is 6.92 Å². The second-order valence-corrected chi connectivity index (χ2v) is 4.90. The van der Waals surface area contributed by atoms with Gasteiger partial charge in [0, 0.05) is 5.56 Å². The number of halogens is 2. The number of hydrogen-bond acceptors (Lipinski definition) is 4. The highest BCUT2D eigenvalue weighted by atomic mass is 19.3. The lowest BCUT2D eigenvalue weighted by atomic mass is 10.2. The Hall–Kier alpha value is -2.28. The molecule has 2 aromatic rings. The maximum atomic E-state index is 13.0. The molecular weight excluding hydrogens is 292 g/mol. The minimum atomic E-state index is -3.11. The Morgan fingerprint density at radius 1 is 1.36 bits per heavy atom. The number of oxazole rings is 1. The molecule has 3 N–H and O–H groups in total. The van der Waals surface area contributed by atoms with Crippen LogP contribution in [0.25, 0.3) is 11.5 Å². The van der Waals surface area contributed by atoms with E-state index in [1.54, 1.807) is 6.92 Å². The molecule has 0 unspecified atom stereocenters. The van der Waals surface area contributed by atoms with E-state index in [0.717, 1.165) is 5.56 Å². The predicted octanol–water partition coefficient (Wildman–Crippen LogP) is 1.90. The Kier molecular flexibility index (Phi) is 4.87. The van der Waals surface area contributed by atoms with Gasteiger partial charge >= 0.3 is 0 Å². The van der Waals surface area contributed by atoms with Crippen molar-refractivity contribution in [2.45, 2.75) is 19.3 Å². The second kappa shape index (κ2) is 6.65. The van der Waals surface area contributed by atoms with Gasteiger partial charge in [0.25, 0.3) is 5.92 Å². The van der Waals surface area contributed by atoms with E-state index in [2.05, 4.69) is 10.3 Å². The highest BCUT2D eigenvalue weighted by Gasteiger charge is 2.27. The van der Waals surface area contributed by atoms with E-state index in [0.29, 0.717) is 17.3 Å². The first-order chi connectivity index (χ1) is 10.4. The third-order valence-electron chi connectivity index (χ3n) is 3.08. The van der Waals surface area contributed by atoms with E-state index >= 15 is 0 Å². The zero-order valence-electron chi connectivity index (χ0n) is 12.1. The second-order valence-electron chi connectivity index (χ2n) is 4.90. The normalized spacial score (nSPS) is 11.5. The van der Waals surface area contributed by atoms with E-state index in [4.69, 9.17) is 10.2 Å². The summed E-state index contributed by atoms with van der Waals surface area (Å²) in [6.07, 6.45) is -0.122. The smallest absolute Gasteiger partial charge is 0.277 e. The lowest BCUT2D eigenvalue weighted by Gasteiger charge is -2.14. The topological polar surface area (TPSA) is 81.2 Å². The summed E-state index contributed by atoms with van der Waals surface area (Å²) >= 11 is 0. The van der Waals surface area contributed by atoms with Gasteiger partial charge in [-0.05, 0) is 19.1 Å². The van der Waals surface area contributed by atoms with Gasteiger partial charge in [0.1, 0.15) is 5.76 Å². The lowest BCUT2D eigenvalue weighted by Crippen LogP contribution is -2.42. The number of hydrogen-bond donors (Lipinski definition) is 2. The Balaban J connectivity index is 2.02. The summed E-state index contributed by atoms with van der Waals surface area (Å²) in [6.45, 7) is 0.0791. The summed E-state index contributed by atoms with van der Waals surface area (Å²) in [5.41, 5.74) is 6.12. The van der Waals surface area contributed by atoms with Gasteiger partial charge in [-0.15, -0.1) is 0 Å². The molecule has 1 heterocycles. The molecule has 1 aromatic heterocycles. The van der Waals surface area contributed by atoms with Crippen LogP contribution in [-0.2, 0) is 11.2 Å². The monoisotopic (exact) mass is 309 g/mol. The number of aromatic nitrogens is 1. The van der Waals surface area contributed by atoms with E-state index < -0.39 is 24.9 Å². The lowest BCUT2D eigenvalue weighted by molar-refractivity contribution is -0.122. The molecule has 1 amide bonds. The average molecular weight is 309 g/mol. The number of alkyl halides is 2. The maximum absolute atomic E-state index is 13.0. The van der Waals surface area contributed by atoms with Crippen molar-refractivity contribution in [2.75, 3.05) is 13.1 Å². The van der Waals surface area contributed by atoms with Crippen molar-refractivity contribution >= 4 is 5.91 Å². The maximum Gasteiger partial charge on any atom is 0.277 e. The van der Waals surface area contributed by atoms with Crippen LogP contribution in [0.15, 0.2) is 34.7 Å². The molecule has 0 radical (unpaired) electrons. The minimum Gasteiger partial charge on any atom is -0.441 e. The van der Waals surface area contributed by atoms with Crippen molar-refractivity contribution in [3.8, 4) is 11.5 Å². The number of benzene rings is 1. The largest absolute Gasteiger partial charge is 0.441 e. The summed E-state index contributed by atoms with van der Waals surface area (Å²) in [7, 11) is 0. The number of carbonyl (C=O) groups excluding carboxylic acids is 1. The third kappa shape index (κ3) is 4.11. The number of nitrogens with two attached hydrogens (primary N) is 1. The Bertz CT molecular complexity index is 641. The number of nitrogens with one attached hydrogen (secondary N) is 1. The summed E-state index contributed by atoms with van der Waals surface area (Å²) in [5, 5.41) is 2.15. The predicted molar refractivity (Wildman–Crippen MR) is 77.4 cm³/mol. The number of nitrogens with zero attached hydrogens (tertiary/aromatic N) is 1. The first-order valence-corrected chi connectivity index (χ1v) is 6.77. The Morgan fingerprint density at radius 3 is 2.68 bits per heavy atom. The quantitative estimate of drug-likeness (QED) is 0.854. The van der Waals surface area contributed by atoms with Crippen LogP contribution in [0.1, 0.15) is 11.5 Å². The van der Waals surface area contributed by atoms with Crippen molar-refractivity contribution < 1.29 is 18.0 Å². The molecular formula is C15H17F2N3O2. The zero-order chi connectivity index (χ0) is 16.2. The Morgan fingerprint density at radius 2 is 2.05 bits per heavy atom. The molecule has 0 spiro atoms. The van der Waals surface area contributed by atoms with Crippen LogP contribution in [0.5, 0.6) is 0 Å². The van der Waals surface area contributed by atoms with Crippen LogP contribution in [0.4, 0.5) is 8.78 Å². The van der Waals surface area contributed by atoms with Crippen LogP contribution in [0.2, 0.25) is 0 Å². The van der Waals surface area contributed by atoms with Gasteiger partial charge in [-0.25, -0.2) is 13.8 Å². The fourth-order valence-corrected chi connectivity index (χ4v) is 1.81. The molecule has 0 aliphatic heterocycles. The van der Waals surface area contributed by atoms with Gasteiger partial charge in [-0.2, -0.15) is 0 Å². The van der Waals surface area contributed by atoms with Crippen LogP contribution in [0.3, 0.4) is 0 Å². The first-order valence-electron chi connectivity index (χ1n) is 6.77. The molecule has 0 fully saturated rings. The van der Waals surface area contributed by atoms with Crippen LogP contribution < -0.4 is 11.1 Å². The molecule has 2 rings (SSSR count). The SMILES string of the molecule is Cc1oc(-c2ccccc2)nc1CC(=O)NCC(F)(F)CN. The molecule has 118 valence electrons. The first kappa shape index (κ1) is 16.1. The van der Waals surface area contributed by atoms with E-state index in [1.807, 2.05) is 30.3 Å². The summed E-state index contributed by atoms with van der Waals surface area (Å²) < 4.78 is 31.5. The van der Waals surface area contributed by atoms with Crippen molar-refractivity contribution in [1.82, 2.24) is 10.3 Å². The molecule has 0 saturated heterocycles. The van der Waals surface area contributed by atoms with Crippen molar-refractivity contribution in [3.63, 3.8) is 0 Å². The highest BCUT2D eigenvalue weighted by Crippen LogP contribution is 2.21. The number of aryl methyl sites for hydroxylation is 1. The van der Waals surface area contributed by atoms with Gasteiger partial charge in [-0.1, -0.05) is 18.2 Å². The van der Waals surface area contributed by atoms with Gasteiger partial charge in [0.2, 0.25) is 11.8 Å². The molecule has 1 aromatic carbocycles. The molecule has 0 saturated carbocycles. The molecule has 22 heavy (non-hydrogen) atoms. The van der Waals surface area contributed by atoms with Crippen LogP contribution >= 0.6 is 0 Å². The van der Waals surface area contributed by atoms with Gasteiger partial charge in [0.15, 0.2) is 0 Å². The summed E-state index contributed by atoms with van der Waals surface area (Å²) in [4.78, 5) is 16.0. The molecule has 0 aliphatic carbocycles. The number of amides is 1. The van der Waals surface area contributed by atoms with Crippen molar-refractivity contribution in [2.24, 2.45) is 5.73 Å². The number of carbonyl (C=O) groups is 1. The Labute approximate surface area is 126 Å². The summed E-state index contributed by atoms with van der Waals surface area (Å²) in [6, 6.07) is 9.21. The minimum absolute atomic E-state index is 0.122. The average Bonchev–Trinajstić information content (AvgIpc) is 2.87. The van der Waals surface area contributed by atoms with Crippen molar-refractivity contribution in [3.05, 3.63) is 41.8 Å². The van der Waals surface area contributed by atoms with E-state index in [-0.39, 0.29) is 6.42 Å². The van der Waals surface area contributed by atoms with Gasteiger partial charge in [0.05, 0.1) is 25.2 Å². The van der Waals surface area contributed by atoms with E-state index in [9.17, 15) is 13.6 Å². The molecule has 0 bridgehead atoms. The van der Waals surface area contributed by atoms with Crippen LogP contribution in [-0.4, -0.2) is 29.9 Å². The number of rotatable bonds is 6. The van der Waals surface area contributed by atoms with E-state index in [1.165, 1.54) is 0 Å². The van der Waals surface area contributed by atoms with Gasteiger partial charge < -0.3 is 15.5 Å². The standard InChI is InChI=1S/C15H17F2N3O2/c1-10-12(7-13(21)19-9-15(16,17)8-18)20-14(22-10)11-5-3-2-4-6-11/h2-6H,7-9,18H2,1H3,(H,19,21). The van der Waals surface area contributed by atoms with Gasteiger partial charge in [-0.3, -0.25) is 4.79 Å². The third-order valence-corrected chi connectivity index (χ3v) is 3.08. The molecule has 0 aliphatic rings. The van der Waals surface area contributed by atoms with Crippen molar-refractivity contribution in [1.29, 1.82) is 0 Å². The molecule has 7 heteroatoms. The highest BCUT2D eigenvalue weighted by molar-refractivity contribution is 5.78. The summed E-state index contributed by atoms with van der Waals surface area (Å²) in [5.74, 6) is -2.78. The fraction of sp³-hybridized carbons (Fsp3) is 0.333. The molecule has 5 nitrogen and oxygen atoms in total.